The predicted octanol–water partition coefficient (Wildman–Crippen LogP) is 8.16. The Labute approximate surface area is 211 Å². The summed E-state index contributed by atoms with van der Waals surface area (Å²) in [5, 5.41) is 4.86. The summed E-state index contributed by atoms with van der Waals surface area (Å²) in [5.41, 5.74) is 6.46. The number of hydrogen-bond acceptors (Lipinski definition) is 0. The normalized spacial score (nSPS) is 10.5. The van der Waals surface area contributed by atoms with Crippen LogP contribution in [0.25, 0.3) is 38.5 Å². The highest BCUT2D eigenvalue weighted by molar-refractivity contribution is 5.87. The van der Waals surface area contributed by atoms with E-state index in [4.69, 9.17) is 0 Å². The molecule has 0 atom stereocenters. The van der Waals surface area contributed by atoms with Gasteiger partial charge in [0.1, 0.15) is 0 Å². The standard InChI is InChI=1S/C35H23N/c1-26-14-20-34(21-15-26)36-33(13-7-2-8-27-16-17-28-9-3-5-11-30(28)24-27)22-23-35(36)32-19-18-29-10-4-6-12-31(29)25-32/h3-6,9-12,14-25H,1H3. The lowest BCUT2D eigenvalue weighted by molar-refractivity contribution is 1.06. The Morgan fingerprint density at radius 3 is 1.92 bits per heavy atom. The second-order valence-electron chi connectivity index (χ2n) is 8.90. The SMILES string of the molecule is Cc1ccc(-n2c(C#CC#Cc3ccc4ccccc4c3)ccc2-c2ccc3ccccc3c2)cc1. The molecule has 0 saturated heterocycles. The molecular weight excluding hydrogens is 434 g/mol. The highest BCUT2D eigenvalue weighted by atomic mass is 15.0. The zero-order chi connectivity index (χ0) is 24.3. The lowest BCUT2D eigenvalue weighted by Crippen LogP contribution is -1.99. The summed E-state index contributed by atoms with van der Waals surface area (Å²) in [7, 11) is 0. The fourth-order valence-electron chi connectivity index (χ4n) is 4.55. The number of aromatic nitrogens is 1. The zero-order valence-corrected chi connectivity index (χ0v) is 20.0. The number of fused-ring (bicyclic) bond motifs is 2. The lowest BCUT2D eigenvalue weighted by atomic mass is 10.0. The Balaban J connectivity index is 1.40. The highest BCUT2D eigenvalue weighted by Crippen LogP contribution is 2.29. The molecule has 1 aromatic heterocycles. The average Bonchev–Trinajstić information content (AvgIpc) is 3.35. The van der Waals surface area contributed by atoms with Crippen molar-refractivity contribution in [1.29, 1.82) is 0 Å². The molecule has 1 heterocycles. The van der Waals surface area contributed by atoms with Crippen molar-refractivity contribution in [3.05, 3.63) is 138 Å². The maximum atomic E-state index is 3.30. The van der Waals surface area contributed by atoms with Gasteiger partial charge in [-0.25, -0.2) is 0 Å². The molecule has 0 bridgehead atoms. The Morgan fingerprint density at radius 2 is 1.17 bits per heavy atom. The third-order valence-corrected chi connectivity index (χ3v) is 6.43. The molecule has 0 aliphatic carbocycles. The summed E-state index contributed by atoms with van der Waals surface area (Å²) in [6.45, 7) is 2.10. The van der Waals surface area contributed by atoms with Crippen LogP contribution in [0, 0.1) is 30.6 Å². The van der Waals surface area contributed by atoms with Gasteiger partial charge in [0, 0.05) is 11.3 Å². The van der Waals surface area contributed by atoms with Crippen molar-refractivity contribution in [2.24, 2.45) is 0 Å². The summed E-state index contributed by atoms with van der Waals surface area (Å²) in [6, 6.07) is 42.4. The minimum absolute atomic E-state index is 0.912. The molecule has 168 valence electrons. The zero-order valence-electron chi connectivity index (χ0n) is 20.0. The molecule has 5 aromatic carbocycles. The van der Waals surface area contributed by atoms with Gasteiger partial charge in [-0.1, -0.05) is 90.3 Å². The van der Waals surface area contributed by atoms with Crippen molar-refractivity contribution in [2.75, 3.05) is 0 Å². The first-order valence-electron chi connectivity index (χ1n) is 12.0. The van der Waals surface area contributed by atoms with Crippen LogP contribution < -0.4 is 0 Å². The van der Waals surface area contributed by atoms with Crippen LogP contribution in [-0.4, -0.2) is 4.57 Å². The first-order chi connectivity index (χ1) is 17.7. The van der Waals surface area contributed by atoms with Crippen LogP contribution in [0.5, 0.6) is 0 Å². The molecule has 0 saturated carbocycles. The van der Waals surface area contributed by atoms with E-state index < -0.39 is 0 Å². The smallest absolute Gasteiger partial charge is 0.0981 e. The monoisotopic (exact) mass is 457 g/mol. The summed E-state index contributed by atoms with van der Waals surface area (Å²) < 4.78 is 2.22. The van der Waals surface area contributed by atoms with Crippen LogP contribution in [0.3, 0.4) is 0 Å². The summed E-state index contributed by atoms with van der Waals surface area (Å²) in [5.74, 6) is 12.6. The van der Waals surface area contributed by atoms with E-state index in [1.165, 1.54) is 27.1 Å². The third kappa shape index (κ3) is 4.27. The molecule has 0 amide bonds. The van der Waals surface area contributed by atoms with Crippen molar-refractivity contribution in [2.45, 2.75) is 6.92 Å². The molecule has 36 heavy (non-hydrogen) atoms. The Hall–Kier alpha value is -4.98. The summed E-state index contributed by atoms with van der Waals surface area (Å²) in [6.07, 6.45) is 0. The Morgan fingerprint density at radius 1 is 0.528 bits per heavy atom. The summed E-state index contributed by atoms with van der Waals surface area (Å²) in [4.78, 5) is 0. The van der Waals surface area contributed by atoms with E-state index in [0.29, 0.717) is 0 Å². The molecule has 1 heteroatoms. The molecule has 6 aromatic rings. The number of hydrogen-bond donors (Lipinski definition) is 0. The van der Waals surface area contributed by atoms with Gasteiger partial charge in [-0.15, -0.1) is 0 Å². The maximum absolute atomic E-state index is 3.30. The lowest BCUT2D eigenvalue weighted by Gasteiger charge is -2.12. The van der Waals surface area contributed by atoms with Gasteiger partial charge in [0.05, 0.1) is 11.4 Å². The second kappa shape index (κ2) is 9.34. The van der Waals surface area contributed by atoms with Crippen molar-refractivity contribution < 1.29 is 0 Å². The van der Waals surface area contributed by atoms with Crippen LogP contribution in [-0.2, 0) is 0 Å². The predicted molar refractivity (Wildman–Crippen MR) is 151 cm³/mol. The Kier molecular flexibility index (Phi) is 5.59. The van der Waals surface area contributed by atoms with Gasteiger partial charge in [0.15, 0.2) is 0 Å². The van der Waals surface area contributed by atoms with Gasteiger partial charge in [0.2, 0.25) is 0 Å². The number of rotatable bonds is 2. The second-order valence-corrected chi connectivity index (χ2v) is 8.90. The highest BCUT2D eigenvalue weighted by Gasteiger charge is 2.11. The van der Waals surface area contributed by atoms with E-state index in [1.54, 1.807) is 0 Å². The van der Waals surface area contributed by atoms with Crippen molar-refractivity contribution in [3.63, 3.8) is 0 Å². The van der Waals surface area contributed by atoms with Gasteiger partial charge in [0.25, 0.3) is 0 Å². The van der Waals surface area contributed by atoms with Gasteiger partial charge in [-0.05, 0) is 94.3 Å². The molecule has 0 aliphatic rings. The molecule has 0 radical (unpaired) electrons. The van der Waals surface area contributed by atoms with E-state index in [2.05, 4.69) is 144 Å². The van der Waals surface area contributed by atoms with Gasteiger partial charge in [-0.2, -0.15) is 0 Å². The topological polar surface area (TPSA) is 4.93 Å². The number of benzene rings is 5. The van der Waals surface area contributed by atoms with E-state index in [1.807, 2.05) is 12.1 Å². The number of nitrogens with zero attached hydrogens (tertiary/aromatic N) is 1. The van der Waals surface area contributed by atoms with E-state index >= 15 is 0 Å². The van der Waals surface area contributed by atoms with E-state index in [0.717, 1.165) is 28.2 Å². The van der Waals surface area contributed by atoms with E-state index in [-0.39, 0.29) is 0 Å². The molecule has 0 unspecified atom stereocenters. The van der Waals surface area contributed by atoms with Gasteiger partial charge < -0.3 is 4.57 Å². The minimum Gasteiger partial charge on any atom is -0.303 e. The first-order valence-corrected chi connectivity index (χ1v) is 12.0. The quantitative estimate of drug-likeness (QED) is 0.231. The van der Waals surface area contributed by atoms with Crippen LogP contribution in [0.4, 0.5) is 0 Å². The van der Waals surface area contributed by atoms with Crippen molar-refractivity contribution in [3.8, 4) is 40.6 Å². The van der Waals surface area contributed by atoms with Crippen molar-refractivity contribution >= 4 is 21.5 Å². The molecule has 6 rings (SSSR count). The molecule has 0 N–H and O–H groups in total. The minimum atomic E-state index is 0.912. The molecule has 0 spiro atoms. The van der Waals surface area contributed by atoms with Crippen molar-refractivity contribution in [1.82, 2.24) is 4.57 Å². The molecule has 0 aliphatic heterocycles. The van der Waals surface area contributed by atoms with Gasteiger partial charge >= 0.3 is 0 Å². The first kappa shape index (κ1) is 21.5. The molecule has 0 fully saturated rings. The fraction of sp³-hybridized carbons (Fsp3) is 0.0286. The van der Waals surface area contributed by atoms with Crippen LogP contribution in [0.1, 0.15) is 16.8 Å². The van der Waals surface area contributed by atoms with E-state index in [9.17, 15) is 0 Å². The molecular formula is C35H23N. The average molecular weight is 458 g/mol. The van der Waals surface area contributed by atoms with Crippen LogP contribution >= 0.6 is 0 Å². The van der Waals surface area contributed by atoms with Gasteiger partial charge in [-0.3, -0.25) is 0 Å². The number of aryl methyl sites for hydroxylation is 1. The third-order valence-electron chi connectivity index (χ3n) is 6.43. The van der Waals surface area contributed by atoms with Crippen LogP contribution in [0.2, 0.25) is 0 Å². The van der Waals surface area contributed by atoms with Crippen LogP contribution in [0.15, 0.2) is 121 Å². The fourth-order valence-corrected chi connectivity index (χ4v) is 4.55. The largest absolute Gasteiger partial charge is 0.303 e. The molecule has 1 nitrogen and oxygen atoms in total. The Bertz CT molecular complexity index is 1840. The summed E-state index contributed by atoms with van der Waals surface area (Å²) >= 11 is 0. The maximum Gasteiger partial charge on any atom is 0.0981 e.